The van der Waals surface area contributed by atoms with Gasteiger partial charge in [0.05, 0.1) is 12.6 Å². The molecule has 6 nitrogen and oxygen atoms in total. The first-order chi connectivity index (χ1) is 21.7. The third kappa shape index (κ3) is 6.78. The highest BCUT2D eigenvalue weighted by molar-refractivity contribution is 6.03. The maximum Gasteiger partial charge on any atom is 0.252 e. The topological polar surface area (TPSA) is 61.9 Å². The zero-order chi connectivity index (χ0) is 31.7. The molecule has 1 aliphatic carbocycles. The summed E-state index contributed by atoms with van der Waals surface area (Å²) in [6.45, 7) is 5.27. The molecule has 1 saturated carbocycles. The molecule has 0 radical (unpaired) electrons. The maximum absolute atomic E-state index is 14.5. The number of halogens is 3. The van der Waals surface area contributed by atoms with Gasteiger partial charge in [-0.25, -0.2) is 8.78 Å². The summed E-state index contributed by atoms with van der Waals surface area (Å²) in [5, 5.41) is 3.64. The van der Waals surface area contributed by atoms with Crippen LogP contribution in [0.3, 0.4) is 0 Å². The molecule has 1 unspecified atom stereocenters. The number of nitrogens with zero attached hydrogens (tertiary/aromatic N) is 2. The van der Waals surface area contributed by atoms with Gasteiger partial charge in [-0.1, -0.05) is 48.5 Å². The van der Waals surface area contributed by atoms with Gasteiger partial charge in [-0.3, -0.25) is 9.59 Å². The van der Waals surface area contributed by atoms with E-state index >= 15 is 0 Å². The minimum atomic E-state index is -1.32. The second-order valence-corrected chi connectivity index (χ2v) is 12.3. The van der Waals surface area contributed by atoms with Crippen LogP contribution in [0.4, 0.5) is 13.2 Å². The molecule has 3 aliphatic rings. The smallest absolute Gasteiger partial charge is 0.252 e. The van der Waals surface area contributed by atoms with E-state index in [-0.39, 0.29) is 36.5 Å². The van der Waals surface area contributed by atoms with E-state index in [0.29, 0.717) is 38.9 Å². The molecule has 0 aromatic heterocycles. The summed E-state index contributed by atoms with van der Waals surface area (Å²) in [6.07, 6.45) is 3.67. The Kier molecular flexibility index (Phi) is 8.99. The number of hydrogen-bond donors (Lipinski definition) is 1. The fraction of sp³-hybridized carbons (Fsp3) is 0.389. The molecule has 1 N–H and O–H groups in total. The highest BCUT2D eigenvalue weighted by atomic mass is 19.2. The van der Waals surface area contributed by atoms with Crippen LogP contribution in [0.25, 0.3) is 5.57 Å². The Hall–Kier alpha value is -4.11. The Balaban J connectivity index is 1.23. The van der Waals surface area contributed by atoms with Gasteiger partial charge in [0, 0.05) is 44.2 Å². The third-order valence-electron chi connectivity index (χ3n) is 9.09. The van der Waals surface area contributed by atoms with Crippen molar-refractivity contribution in [1.82, 2.24) is 15.1 Å². The van der Waals surface area contributed by atoms with Gasteiger partial charge in [-0.05, 0) is 79.0 Å². The SMILES string of the molecule is CC(=O)N1CC2CC(c3ccc(CCCOc4c(F)ccc(F)c4F)cc3)=C(C(=O)N(Cc3ccccc3C)C3CC3)[C@@H](C1)N2. The number of aryl methyl sites for hydroxylation is 2. The van der Waals surface area contributed by atoms with Crippen LogP contribution in [-0.2, 0) is 22.6 Å². The fourth-order valence-corrected chi connectivity index (χ4v) is 6.47. The molecule has 2 amide bonds. The van der Waals surface area contributed by atoms with E-state index in [1.165, 1.54) is 0 Å². The van der Waals surface area contributed by atoms with Gasteiger partial charge in [0.2, 0.25) is 11.7 Å². The Bertz CT molecular complexity index is 1620. The minimum Gasteiger partial charge on any atom is -0.488 e. The number of carbonyl (C=O) groups is 2. The average Bonchev–Trinajstić information content (AvgIpc) is 3.87. The summed E-state index contributed by atoms with van der Waals surface area (Å²) < 4.78 is 46.5. The number of fused-ring (bicyclic) bond motifs is 2. The van der Waals surface area contributed by atoms with Crippen LogP contribution < -0.4 is 10.1 Å². The van der Waals surface area contributed by atoms with Crippen LogP contribution in [0.15, 0.2) is 66.2 Å². The van der Waals surface area contributed by atoms with Crippen LogP contribution >= 0.6 is 0 Å². The number of piperazine rings is 1. The molecule has 236 valence electrons. The van der Waals surface area contributed by atoms with Crippen molar-refractivity contribution >= 4 is 17.4 Å². The summed E-state index contributed by atoms with van der Waals surface area (Å²) in [6, 6.07) is 17.8. The minimum absolute atomic E-state index is 0.0110. The number of hydrogen-bond acceptors (Lipinski definition) is 4. The monoisotopic (exact) mass is 617 g/mol. The molecular formula is C36H38F3N3O3. The lowest BCUT2D eigenvalue weighted by Gasteiger charge is -2.44. The number of carbonyl (C=O) groups excluding carboxylic acids is 2. The molecule has 2 atom stereocenters. The Morgan fingerprint density at radius 1 is 0.978 bits per heavy atom. The van der Waals surface area contributed by atoms with Crippen molar-refractivity contribution < 1.29 is 27.5 Å². The van der Waals surface area contributed by atoms with Crippen molar-refractivity contribution in [2.24, 2.45) is 0 Å². The predicted molar refractivity (Wildman–Crippen MR) is 166 cm³/mol. The van der Waals surface area contributed by atoms with Gasteiger partial charge in [-0.2, -0.15) is 4.39 Å². The van der Waals surface area contributed by atoms with Crippen molar-refractivity contribution in [2.45, 2.75) is 70.6 Å². The zero-order valence-electron chi connectivity index (χ0n) is 25.6. The lowest BCUT2D eigenvalue weighted by Crippen LogP contribution is -2.61. The van der Waals surface area contributed by atoms with Crippen molar-refractivity contribution in [1.29, 1.82) is 0 Å². The molecule has 0 spiro atoms. The molecule has 2 aliphatic heterocycles. The first kappa shape index (κ1) is 30.9. The second kappa shape index (κ2) is 13.1. The van der Waals surface area contributed by atoms with Gasteiger partial charge in [0.1, 0.15) is 0 Å². The van der Waals surface area contributed by atoms with Crippen molar-refractivity contribution in [2.75, 3.05) is 19.7 Å². The van der Waals surface area contributed by atoms with Crippen LogP contribution in [0, 0.1) is 24.4 Å². The highest BCUT2D eigenvalue weighted by Gasteiger charge is 2.43. The van der Waals surface area contributed by atoms with Gasteiger partial charge < -0.3 is 19.9 Å². The van der Waals surface area contributed by atoms with E-state index in [9.17, 15) is 22.8 Å². The number of amides is 2. The van der Waals surface area contributed by atoms with E-state index in [0.717, 1.165) is 58.4 Å². The average molecular weight is 618 g/mol. The lowest BCUT2D eigenvalue weighted by molar-refractivity contribution is -0.132. The quantitative estimate of drug-likeness (QED) is 0.225. The Morgan fingerprint density at radius 3 is 2.42 bits per heavy atom. The van der Waals surface area contributed by atoms with Crippen molar-refractivity contribution in [3.05, 3.63) is 106 Å². The predicted octanol–water partition coefficient (Wildman–Crippen LogP) is 5.96. The van der Waals surface area contributed by atoms with Crippen LogP contribution in [0.2, 0.25) is 0 Å². The Labute approximate surface area is 261 Å². The number of benzene rings is 3. The zero-order valence-corrected chi connectivity index (χ0v) is 25.6. The number of ether oxygens (including phenoxy) is 1. The standard InChI is InChI=1S/C36H38F3N3O3/c1-22-6-3-4-8-26(22)19-42(28-13-14-28)36(44)33-29(18-27-20-41(23(2)43)21-32(33)40-27)25-11-9-24(10-12-25)7-5-17-45-35-31(38)16-15-30(37)34(35)39/h3-4,6,8-12,15-16,27-28,32,40H,5,7,13-14,17-21H2,1-2H3/t27?,32-/m1/s1. The summed E-state index contributed by atoms with van der Waals surface area (Å²) in [4.78, 5) is 30.8. The number of rotatable bonds is 10. The molecule has 3 aromatic rings. The van der Waals surface area contributed by atoms with E-state index in [2.05, 4.69) is 24.4 Å². The molecule has 2 heterocycles. The van der Waals surface area contributed by atoms with E-state index in [1.807, 2.05) is 46.2 Å². The Morgan fingerprint density at radius 2 is 1.71 bits per heavy atom. The second-order valence-electron chi connectivity index (χ2n) is 12.3. The lowest BCUT2D eigenvalue weighted by atomic mass is 9.82. The third-order valence-corrected chi connectivity index (χ3v) is 9.09. The molecule has 45 heavy (non-hydrogen) atoms. The van der Waals surface area contributed by atoms with Crippen LogP contribution in [0.1, 0.15) is 54.9 Å². The molecular weight excluding hydrogens is 579 g/mol. The van der Waals surface area contributed by atoms with Gasteiger partial charge in [0.15, 0.2) is 17.4 Å². The van der Waals surface area contributed by atoms with Gasteiger partial charge in [0.25, 0.3) is 5.91 Å². The van der Waals surface area contributed by atoms with Gasteiger partial charge >= 0.3 is 0 Å². The molecule has 3 aromatic carbocycles. The molecule has 1 saturated heterocycles. The normalized spacial score (nSPS) is 19.4. The number of nitrogens with one attached hydrogen (secondary N) is 1. The molecule has 2 bridgehead atoms. The molecule has 2 fully saturated rings. The van der Waals surface area contributed by atoms with E-state index in [4.69, 9.17) is 4.74 Å². The van der Waals surface area contributed by atoms with Crippen LogP contribution in [-0.4, -0.2) is 59.4 Å². The van der Waals surface area contributed by atoms with E-state index < -0.39 is 23.2 Å². The first-order valence-electron chi connectivity index (χ1n) is 15.6. The largest absolute Gasteiger partial charge is 0.488 e. The summed E-state index contributed by atoms with van der Waals surface area (Å²) in [7, 11) is 0. The highest BCUT2D eigenvalue weighted by Crippen LogP contribution is 2.37. The molecule has 9 heteroatoms. The summed E-state index contributed by atoms with van der Waals surface area (Å²) in [5.74, 6) is -4.07. The fourth-order valence-electron chi connectivity index (χ4n) is 6.47. The summed E-state index contributed by atoms with van der Waals surface area (Å²) in [5.41, 5.74) is 6.01. The first-order valence-corrected chi connectivity index (χ1v) is 15.6. The van der Waals surface area contributed by atoms with E-state index in [1.54, 1.807) is 6.92 Å². The molecule has 6 rings (SSSR count). The summed E-state index contributed by atoms with van der Waals surface area (Å²) >= 11 is 0. The van der Waals surface area contributed by atoms with Crippen LogP contribution in [0.5, 0.6) is 5.75 Å². The van der Waals surface area contributed by atoms with Crippen molar-refractivity contribution in [3.63, 3.8) is 0 Å². The van der Waals surface area contributed by atoms with Crippen molar-refractivity contribution in [3.8, 4) is 5.75 Å². The maximum atomic E-state index is 14.5. The van der Waals surface area contributed by atoms with Gasteiger partial charge in [-0.15, -0.1) is 0 Å².